The molecule has 1 atom stereocenters. The number of carbonyl (C=O) groups excluding carboxylic acids is 1. The summed E-state index contributed by atoms with van der Waals surface area (Å²) >= 11 is 0. The van der Waals surface area contributed by atoms with Crippen molar-refractivity contribution in [2.45, 2.75) is 25.5 Å². The van der Waals surface area contributed by atoms with Crippen LogP contribution < -0.4 is 4.90 Å². The first-order valence-corrected chi connectivity index (χ1v) is 8.21. The van der Waals surface area contributed by atoms with E-state index >= 15 is 0 Å². The molecule has 1 aliphatic heterocycles. The number of alkyl halides is 2. The Bertz CT molecular complexity index is 1000. The third kappa shape index (κ3) is 2.76. The number of pyridine rings is 1. The summed E-state index contributed by atoms with van der Waals surface area (Å²) in [4.78, 5) is 21.6. The first kappa shape index (κ1) is 17.2. The van der Waals surface area contributed by atoms with E-state index in [0.717, 1.165) is 4.90 Å². The monoisotopic (exact) mass is 371 g/mol. The number of rotatable bonds is 4. The van der Waals surface area contributed by atoms with Crippen LogP contribution in [0.4, 0.5) is 14.5 Å². The molecule has 3 heterocycles. The van der Waals surface area contributed by atoms with Crippen LogP contribution in [-0.4, -0.2) is 30.8 Å². The minimum Gasteiger partial charge on any atom is -0.389 e. The lowest BCUT2D eigenvalue weighted by Gasteiger charge is -2.17. The third-order valence-corrected chi connectivity index (χ3v) is 4.41. The average Bonchev–Trinajstić information content (AvgIpc) is 3.25. The number of anilines is 1. The molecule has 7 nitrogen and oxygen atoms in total. The normalized spacial score (nSPS) is 16.4. The fourth-order valence-corrected chi connectivity index (χ4v) is 3.19. The Kier molecular flexibility index (Phi) is 3.96. The number of aliphatic hydroxyl groups excluding tert-OH is 1. The van der Waals surface area contributed by atoms with Gasteiger partial charge in [0.1, 0.15) is 12.7 Å². The lowest BCUT2D eigenvalue weighted by atomic mass is 9.98. The summed E-state index contributed by atoms with van der Waals surface area (Å²) in [6.07, 6.45) is 1.70. The van der Waals surface area contributed by atoms with E-state index in [2.05, 4.69) is 15.1 Å². The van der Waals surface area contributed by atoms with Crippen LogP contribution in [0.5, 0.6) is 0 Å². The quantitative estimate of drug-likeness (QED) is 0.761. The molecular formula is C18H15F2N5O2. The van der Waals surface area contributed by atoms with Crippen molar-refractivity contribution in [2.75, 3.05) is 4.90 Å². The van der Waals surface area contributed by atoms with Crippen molar-refractivity contribution >= 4 is 11.6 Å². The Balaban J connectivity index is 1.74. The van der Waals surface area contributed by atoms with Gasteiger partial charge in [0.25, 0.3) is 0 Å². The molecule has 138 valence electrons. The van der Waals surface area contributed by atoms with Gasteiger partial charge in [-0.2, -0.15) is 13.9 Å². The number of aliphatic hydroxyl groups is 1. The van der Waals surface area contributed by atoms with Crippen molar-refractivity contribution in [3.05, 3.63) is 65.9 Å². The maximum absolute atomic E-state index is 14.7. The zero-order chi connectivity index (χ0) is 19.2. The predicted molar refractivity (Wildman–Crippen MR) is 91.3 cm³/mol. The van der Waals surface area contributed by atoms with Gasteiger partial charge in [0.2, 0.25) is 0 Å². The topological polar surface area (TPSA) is 84.1 Å². The number of hydrogen-bond donors (Lipinski definition) is 1. The minimum absolute atomic E-state index is 0.0395. The van der Waals surface area contributed by atoms with E-state index in [0.29, 0.717) is 11.5 Å². The van der Waals surface area contributed by atoms with Gasteiger partial charge in [-0.15, -0.1) is 0 Å². The molecular weight excluding hydrogens is 356 g/mol. The van der Waals surface area contributed by atoms with E-state index < -0.39 is 23.5 Å². The zero-order valence-electron chi connectivity index (χ0n) is 14.3. The number of aromatic nitrogens is 4. The van der Waals surface area contributed by atoms with Gasteiger partial charge in [0, 0.05) is 0 Å². The van der Waals surface area contributed by atoms with Crippen LogP contribution >= 0.6 is 0 Å². The summed E-state index contributed by atoms with van der Waals surface area (Å²) in [6.45, 7) is 1.26. The summed E-state index contributed by atoms with van der Waals surface area (Å²) in [5.74, 6) is -4.58. The highest BCUT2D eigenvalue weighted by molar-refractivity contribution is 6.06. The first-order chi connectivity index (χ1) is 12.9. The molecule has 1 N–H and O–H groups in total. The third-order valence-electron chi connectivity index (χ3n) is 4.41. The van der Waals surface area contributed by atoms with E-state index in [1.165, 1.54) is 36.4 Å². The highest BCUT2D eigenvalue weighted by Crippen LogP contribution is 2.47. The smallest absolute Gasteiger partial charge is 0.352 e. The molecule has 0 saturated heterocycles. The molecule has 0 fully saturated rings. The fourth-order valence-electron chi connectivity index (χ4n) is 3.19. The van der Waals surface area contributed by atoms with Crippen LogP contribution in [0.1, 0.15) is 29.8 Å². The van der Waals surface area contributed by atoms with Gasteiger partial charge in [-0.1, -0.05) is 18.2 Å². The van der Waals surface area contributed by atoms with Crippen molar-refractivity contribution in [3.8, 4) is 5.82 Å². The summed E-state index contributed by atoms with van der Waals surface area (Å²) in [5.41, 5.74) is 0.0916. The number of halogens is 2. The highest BCUT2D eigenvalue weighted by atomic mass is 19.3. The molecule has 0 spiro atoms. The van der Waals surface area contributed by atoms with E-state index in [1.54, 1.807) is 24.3 Å². The standard InChI is InChI=1S/C18H15F2N5O2/c1-11(26)13-5-3-6-14-16(13)18(19,20)17(27)24(14)8-12-4-2-7-15(23-12)25-10-21-9-22-25/h2-7,9-11,26H,8H2,1H3/t11-/m0/s1. The SMILES string of the molecule is C[C@H](O)c1cccc2c1C(F)(F)C(=O)N2Cc1cccc(-n2cncn2)n1. The first-order valence-electron chi connectivity index (χ1n) is 8.21. The molecule has 0 unspecified atom stereocenters. The predicted octanol–water partition coefficient (Wildman–Crippen LogP) is 2.35. The molecule has 0 aliphatic carbocycles. The number of fused-ring (bicyclic) bond motifs is 1. The average molecular weight is 371 g/mol. The van der Waals surface area contributed by atoms with Gasteiger partial charge in [-0.3, -0.25) is 4.79 Å². The minimum atomic E-state index is -3.70. The molecule has 0 radical (unpaired) electrons. The summed E-state index contributed by atoms with van der Waals surface area (Å²) in [5, 5.41) is 13.8. The summed E-state index contributed by atoms with van der Waals surface area (Å²) in [7, 11) is 0. The number of amides is 1. The Labute approximate surface area is 152 Å². The molecule has 9 heteroatoms. The zero-order valence-corrected chi connectivity index (χ0v) is 14.3. The highest BCUT2D eigenvalue weighted by Gasteiger charge is 2.54. The second-order valence-electron chi connectivity index (χ2n) is 6.21. The van der Waals surface area contributed by atoms with Crippen LogP contribution in [0, 0.1) is 0 Å². The van der Waals surface area contributed by atoms with Gasteiger partial charge in [0.05, 0.1) is 29.6 Å². The Morgan fingerprint density at radius 1 is 1.22 bits per heavy atom. The Hall–Kier alpha value is -3.20. The van der Waals surface area contributed by atoms with Gasteiger partial charge in [-0.25, -0.2) is 14.6 Å². The largest absolute Gasteiger partial charge is 0.389 e. The van der Waals surface area contributed by atoms with Crippen LogP contribution in [0.25, 0.3) is 5.82 Å². The van der Waals surface area contributed by atoms with Crippen molar-refractivity contribution < 1.29 is 18.7 Å². The van der Waals surface area contributed by atoms with E-state index in [1.807, 2.05) is 0 Å². The number of carbonyl (C=O) groups is 1. The van der Waals surface area contributed by atoms with Crippen LogP contribution in [0.3, 0.4) is 0 Å². The maximum atomic E-state index is 14.7. The number of hydrogen-bond acceptors (Lipinski definition) is 5. The number of nitrogens with zero attached hydrogens (tertiary/aromatic N) is 5. The molecule has 1 aliphatic rings. The van der Waals surface area contributed by atoms with Gasteiger partial charge in [0.15, 0.2) is 5.82 Å². The maximum Gasteiger partial charge on any atom is 0.352 e. The van der Waals surface area contributed by atoms with Crippen LogP contribution in [-0.2, 0) is 17.3 Å². The van der Waals surface area contributed by atoms with Crippen molar-refractivity contribution in [1.82, 2.24) is 19.7 Å². The molecule has 0 bridgehead atoms. The van der Waals surface area contributed by atoms with Gasteiger partial charge >= 0.3 is 11.8 Å². The second kappa shape index (κ2) is 6.20. The van der Waals surface area contributed by atoms with Crippen LogP contribution in [0.2, 0.25) is 0 Å². The fraction of sp³-hybridized carbons (Fsp3) is 0.222. The van der Waals surface area contributed by atoms with Crippen LogP contribution in [0.15, 0.2) is 49.1 Å². The summed E-state index contributed by atoms with van der Waals surface area (Å²) < 4.78 is 30.8. The Morgan fingerprint density at radius 3 is 2.70 bits per heavy atom. The number of benzene rings is 1. The van der Waals surface area contributed by atoms with Gasteiger partial charge in [-0.05, 0) is 30.7 Å². The Morgan fingerprint density at radius 2 is 2.00 bits per heavy atom. The van der Waals surface area contributed by atoms with Crippen molar-refractivity contribution in [1.29, 1.82) is 0 Å². The van der Waals surface area contributed by atoms with Crippen molar-refractivity contribution in [2.24, 2.45) is 0 Å². The molecule has 3 aromatic rings. The van der Waals surface area contributed by atoms with E-state index in [9.17, 15) is 18.7 Å². The second-order valence-corrected chi connectivity index (χ2v) is 6.21. The summed E-state index contributed by atoms with van der Waals surface area (Å²) in [6, 6.07) is 9.42. The molecule has 0 saturated carbocycles. The molecule has 4 rings (SSSR count). The molecule has 2 aromatic heterocycles. The lowest BCUT2D eigenvalue weighted by Crippen LogP contribution is -2.34. The molecule has 27 heavy (non-hydrogen) atoms. The van der Waals surface area contributed by atoms with Gasteiger partial charge < -0.3 is 10.0 Å². The molecule has 1 aromatic carbocycles. The molecule has 1 amide bonds. The van der Waals surface area contributed by atoms with E-state index in [4.69, 9.17) is 0 Å². The van der Waals surface area contributed by atoms with Crippen molar-refractivity contribution in [3.63, 3.8) is 0 Å². The van der Waals surface area contributed by atoms with E-state index in [-0.39, 0.29) is 17.8 Å². The lowest BCUT2D eigenvalue weighted by molar-refractivity contribution is -0.141.